The highest BCUT2D eigenvalue weighted by atomic mass is 16.5. The SMILES string of the molecule is COc1ccccc1C(=O)Nc1cccc(N2CCCCC2)c1. The summed E-state index contributed by atoms with van der Waals surface area (Å²) in [5.74, 6) is 0.426. The summed E-state index contributed by atoms with van der Waals surface area (Å²) in [7, 11) is 1.57. The van der Waals surface area contributed by atoms with E-state index in [2.05, 4.69) is 16.3 Å². The minimum absolute atomic E-state index is 0.154. The molecule has 1 amide bonds. The van der Waals surface area contributed by atoms with E-state index in [1.54, 1.807) is 19.2 Å². The first-order valence-electron chi connectivity index (χ1n) is 8.07. The highest BCUT2D eigenvalue weighted by molar-refractivity contribution is 6.06. The molecule has 2 aromatic rings. The van der Waals surface area contributed by atoms with Crippen molar-refractivity contribution in [2.45, 2.75) is 19.3 Å². The van der Waals surface area contributed by atoms with Crippen LogP contribution in [0.1, 0.15) is 29.6 Å². The molecule has 1 aliphatic rings. The zero-order chi connectivity index (χ0) is 16.1. The molecule has 4 heteroatoms. The van der Waals surface area contributed by atoms with Crippen molar-refractivity contribution >= 4 is 17.3 Å². The second-order valence-electron chi connectivity index (χ2n) is 5.75. The lowest BCUT2D eigenvalue weighted by Gasteiger charge is -2.29. The third-order valence-corrected chi connectivity index (χ3v) is 4.18. The van der Waals surface area contributed by atoms with Gasteiger partial charge in [0.1, 0.15) is 5.75 Å². The monoisotopic (exact) mass is 310 g/mol. The van der Waals surface area contributed by atoms with Gasteiger partial charge < -0.3 is 15.0 Å². The van der Waals surface area contributed by atoms with Gasteiger partial charge >= 0.3 is 0 Å². The van der Waals surface area contributed by atoms with Gasteiger partial charge in [-0.2, -0.15) is 0 Å². The maximum atomic E-state index is 12.5. The van der Waals surface area contributed by atoms with Gasteiger partial charge in [0.25, 0.3) is 5.91 Å². The van der Waals surface area contributed by atoms with Crippen molar-refractivity contribution in [3.05, 3.63) is 54.1 Å². The average Bonchev–Trinajstić information content (AvgIpc) is 2.62. The number of hydrogen-bond acceptors (Lipinski definition) is 3. The second-order valence-corrected chi connectivity index (χ2v) is 5.75. The standard InChI is InChI=1S/C19H22N2O2/c1-23-18-11-4-3-10-17(18)19(22)20-15-8-7-9-16(14-15)21-12-5-2-6-13-21/h3-4,7-11,14H,2,5-6,12-13H2,1H3,(H,20,22). The molecule has 1 saturated heterocycles. The van der Waals surface area contributed by atoms with E-state index in [9.17, 15) is 4.79 Å². The van der Waals surface area contributed by atoms with Crippen molar-refractivity contribution < 1.29 is 9.53 Å². The van der Waals surface area contributed by atoms with Crippen molar-refractivity contribution in [2.24, 2.45) is 0 Å². The zero-order valence-corrected chi connectivity index (χ0v) is 13.4. The quantitative estimate of drug-likeness (QED) is 0.930. The Balaban J connectivity index is 1.76. The predicted octanol–water partition coefficient (Wildman–Crippen LogP) is 3.94. The summed E-state index contributed by atoms with van der Waals surface area (Å²) in [6.45, 7) is 2.17. The molecule has 4 nitrogen and oxygen atoms in total. The summed E-state index contributed by atoms with van der Waals surface area (Å²) in [6, 6.07) is 15.3. The third kappa shape index (κ3) is 3.65. The molecule has 1 heterocycles. The normalized spacial score (nSPS) is 14.4. The molecule has 120 valence electrons. The van der Waals surface area contributed by atoms with Crippen LogP contribution >= 0.6 is 0 Å². The molecule has 0 atom stereocenters. The maximum absolute atomic E-state index is 12.5. The van der Waals surface area contributed by atoms with Crippen LogP contribution in [0.2, 0.25) is 0 Å². The predicted molar refractivity (Wildman–Crippen MR) is 93.5 cm³/mol. The number of piperidine rings is 1. The Morgan fingerprint density at radius 2 is 1.83 bits per heavy atom. The Hall–Kier alpha value is -2.49. The first-order chi connectivity index (χ1) is 11.3. The Morgan fingerprint density at radius 1 is 1.04 bits per heavy atom. The molecule has 2 aromatic carbocycles. The Bertz CT molecular complexity index is 679. The van der Waals surface area contributed by atoms with E-state index < -0.39 is 0 Å². The number of amides is 1. The molecule has 1 fully saturated rings. The van der Waals surface area contributed by atoms with Crippen LogP contribution in [0.5, 0.6) is 5.75 Å². The Morgan fingerprint density at radius 3 is 2.61 bits per heavy atom. The molecule has 0 bridgehead atoms. The van der Waals surface area contributed by atoms with Crippen LogP contribution in [-0.4, -0.2) is 26.1 Å². The molecular weight excluding hydrogens is 288 g/mol. The number of ether oxygens (including phenoxy) is 1. The summed E-state index contributed by atoms with van der Waals surface area (Å²) in [6.07, 6.45) is 3.77. The molecule has 0 unspecified atom stereocenters. The van der Waals surface area contributed by atoms with Crippen molar-refractivity contribution in [3.63, 3.8) is 0 Å². The number of benzene rings is 2. The molecule has 1 aliphatic heterocycles. The summed E-state index contributed by atoms with van der Waals surface area (Å²) < 4.78 is 5.25. The highest BCUT2D eigenvalue weighted by Crippen LogP contribution is 2.24. The fourth-order valence-electron chi connectivity index (χ4n) is 2.96. The minimum Gasteiger partial charge on any atom is -0.496 e. The van der Waals surface area contributed by atoms with E-state index in [4.69, 9.17) is 4.74 Å². The van der Waals surface area contributed by atoms with Crippen molar-refractivity contribution in [3.8, 4) is 5.75 Å². The van der Waals surface area contributed by atoms with Gasteiger partial charge in [0.2, 0.25) is 0 Å². The van der Waals surface area contributed by atoms with Crippen LogP contribution in [0.15, 0.2) is 48.5 Å². The van der Waals surface area contributed by atoms with Crippen LogP contribution in [0.25, 0.3) is 0 Å². The van der Waals surface area contributed by atoms with Crippen molar-refractivity contribution in [1.82, 2.24) is 0 Å². The minimum atomic E-state index is -0.154. The van der Waals surface area contributed by atoms with Gasteiger partial charge in [0.05, 0.1) is 12.7 Å². The van der Waals surface area contributed by atoms with Gasteiger partial charge in [-0.3, -0.25) is 4.79 Å². The summed E-state index contributed by atoms with van der Waals surface area (Å²) in [5, 5.41) is 2.97. The van der Waals surface area contributed by atoms with E-state index in [0.29, 0.717) is 11.3 Å². The Labute approximate surface area is 137 Å². The van der Waals surface area contributed by atoms with Crippen LogP contribution < -0.4 is 15.0 Å². The second kappa shape index (κ2) is 7.18. The number of anilines is 2. The molecule has 1 N–H and O–H groups in total. The lowest BCUT2D eigenvalue weighted by Crippen LogP contribution is -2.29. The number of para-hydroxylation sites is 1. The fraction of sp³-hybridized carbons (Fsp3) is 0.316. The molecule has 0 saturated carbocycles. The maximum Gasteiger partial charge on any atom is 0.259 e. The van der Waals surface area contributed by atoms with E-state index in [1.807, 2.05) is 30.3 Å². The lowest BCUT2D eigenvalue weighted by molar-refractivity contribution is 0.102. The van der Waals surface area contributed by atoms with Gasteiger partial charge in [0.15, 0.2) is 0 Å². The van der Waals surface area contributed by atoms with Crippen LogP contribution in [0.3, 0.4) is 0 Å². The highest BCUT2D eigenvalue weighted by Gasteiger charge is 2.14. The Kier molecular flexibility index (Phi) is 4.81. The van der Waals surface area contributed by atoms with Gasteiger partial charge in [0, 0.05) is 24.5 Å². The van der Waals surface area contributed by atoms with Crippen LogP contribution in [-0.2, 0) is 0 Å². The molecule has 3 rings (SSSR count). The first-order valence-corrected chi connectivity index (χ1v) is 8.07. The molecule has 0 aliphatic carbocycles. The van der Waals surface area contributed by atoms with Crippen LogP contribution in [0, 0.1) is 0 Å². The van der Waals surface area contributed by atoms with E-state index in [-0.39, 0.29) is 5.91 Å². The zero-order valence-electron chi connectivity index (χ0n) is 13.4. The number of nitrogens with zero attached hydrogens (tertiary/aromatic N) is 1. The fourth-order valence-corrected chi connectivity index (χ4v) is 2.96. The molecule has 23 heavy (non-hydrogen) atoms. The number of carbonyl (C=O) groups excluding carboxylic acids is 1. The lowest BCUT2D eigenvalue weighted by atomic mass is 10.1. The third-order valence-electron chi connectivity index (χ3n) is 4.18. The molecular formula is C19H22N2O2. The number of rotatable bonds is 4. The number of methoxy groups -OCH3 is 1. The molecule has 0 aromatic heterocycles. The van der Waals surface area contributed by atoms with Gasteiger partial charge in [-0.05, 0) is 49.6 Å². The summed E-state index contributed by atoms with van der Waals surface area (Å²) in [4.78, 5) is 14.9. The van der Waals surface area contributed by atoms with E-state index in [1.165, 1.54) is 24.9 Å². The van der Waals surface area contributed by atoms with Gasteiger partial charge in [-0.1, -0.05) is 18.2 Å². The average molecular weight is 310 g/mol. The van der Waals surface area contributed by atoms with Gasteiger partial charge in [-0.25, -0.2) is 0 Å². The van der Waals surface area contributed by atoms with E-state index in [0.717, 1.165) is 18.8 Å². The number of carbonyl (C=O) groups is 1. The van der Waals surface area contributed by atoms with Crippen molar-refractivity contribution in [1.29, 1.82) is 0 Å². The molecule has 0 spiro atoms. The smallest absolute Gasteiger partial charge is 0.259 e. The number of nitrogens with one attached hydrogen (secondary N) is 1. The summed E-state index contributed by atoms with van der Waals surface area (Å²) >= 11 is 0. The first kappa shape index (κ1) is 15.4. The summed E-state index contributed by atoms with van der Waals surface area (Å²) in [5.41, 5.74) is 2.52. The molecule has 0 radical (unpaired) electrons. The van der Waals surface area contributed by atoms with Crippen molar-refractivity contribution in [2.75, 3.05) is 30.4 Å². The van der Waals surface area contributed by atoms with Gasteiger partial charge in [-0.15, -0.1) is 0 Å². The van der Waals surface area contributed by atoms with E-state index >= 15 is 0 Å². The largest absolute Gasteiger partial charge is 0.496 e. The number of hydrogen-bond donors (Lipinski definition) is 1. The topological polar surface area (TPSA) is 41.6 Å². The van der Waals surface area contributed by atoms with Crippen LogP contribution in [0.4, 0.5) is 11.4 Å².